The summed E-state index contributed by atoms with van der Waals surface area (Å²) >= 11 is 0. The quantitative estimate of drug-likeness (QED) is 0.637. The molecule has 12 heteroatoms. The minimum atomic E-state index is -4.86. The molecule has 1 amide bonds. The van der Waals surface area contributed by atoms with Crippen LogP contribution in [0.2, 0.25) is 0 Å². The molecule has 4 rings (SSSR count). The first-order valence-electron chi connectivity index (χ1n) is 10.3. The van der Waals surface area contributed by atoms with Crippen molar-refractivity contribution in [2.24, 2.45) is 11.8 Å². The molecule has 1 aliphatic heterocycles. The molecule has 174 valence electrons. The fourth-order valence-corrected chi connectivity index (χ4v) is 4.45. The lowest BCUT2D eigenvalue weighted by atomic mass is 9.92. The molecule has 0 spiro atoms. The number of fused-ring (bicyclic) bond motifs is 2. The van der Waals surface area contributed by atoms with Crippen LogP contribution in [0.5, 0.6) is 11.8 Å². The van der Waals surface area contributed by atoms with Gasteiger partial charge in [-0.2, -0.15) is 18.2 Å². The Morgan fingerprint density at radius 3 is 2.47 bits per heavy atom. The van der Waals surface area contributed by atoms with Crippen molar-refractivity contribution in [3.8, 4) is 11.8 Å². The molecule has 0 radical (unpaired) electrons. The number of aromatic nitrogens is 3. The van der Waals surface area contributed by atoms with Crippen LogP contribution in [0.3, 0.4) is 0 Å². The lowest BCUT2D eigenvalue weighted by molar-refractivity contribution is -0.140. The smallest absolute Gasteiger partial charge is 0.419 e. The van der Waals surface area contributed by atoms with Crippen molar-refractivity contribution < 1.29 is 32.2 Å². The molecule has 2 aliphatic rings. The van der Waals surface area contributed by atoms with Gasteiger partial charge in [0, 0.05) is 19.1 Å². The Kier molecular flexibility index (Phi) is 5.63. The van der Waals surface area contributed by atoms with E-state index in [-0.39, 0.29) is 35.9 Å². The summed E-state index contributed by atoms with van der Waals surface area (Å²) < 4.78 is 60.2. The van der Waals surface area contributed by atoms with E-state index in [0.29, 0.717) is 19.2 Å². The summed E-state index contributed by atoms with van der Waals surface area (Å²) in [5.74, 6) is -1.73. The summed E-state index contributed by atoms with van der Waals surface area (Å²) in [5, 5.41) is 16.9. The highest BCUT2D eigenvalue weighted by atomic mass is 19.4. The SMILES string of the molecule is CC(C)n1nc(NC2[C@@H]3CC[C@H]2CN(C(=O)O)C3)nc1Oc1cccc(C(F)(F)F)c1F. The number of nitrogens with zero attached hydrogens (tertiary/aromatic N) is 4. The molecule has 32 heavy (non-hydrogen) atoms. The predicted molar refractivity (Wildman–Crippen MR) is 105 cm³/mol. The Labute approximate surface area is 181 Å². The Balaban J connectivity index is 1.56. The number of alkyl halides is 3. The summed E-state index contributed by atoms with van der Waals surface area (Å²) in [4.78, 5) is 17.0. The Morgan fingerprint density at radius 2 is 1.91 bits per heavy atom. The molecule has 3 atom stereocenters. The van der Waals surface area contributed by atoms with Crippen LogP contribution in [0, 0.1) is 17.7 Å². The van der Waals surface area contributed by atoms with Gasteiger partial charge in [-0.3, -0.25) is 0 Å². The monoisotopic (exact) mass is 457 g/mol. The Bertz CT molecular complexity index is 996. The van der Waals surface area contributed by atoms with Gasteiger partial charge in [0.25, 0.3) is 0 Å². The molecule has 1 aliphatic carbocycles. The fraction of sp³-hybridized carbons (Fsp3) is 0.550. The third-order valence-electron chi connectivity index (χ3n) is 5.96. The summed E-state index contributed by atoms with van der Waals surface area (Å²) in [6.07, 6.45) is -4.06. The van der Waals surface area contributed by atoms with Gasteiger partial charge in [-0.05, 0) is 50.7 Å². The zero-order valence-corrected chi connectivity index (χ0v) is 17.4. The van der Waals surface area contributed by atoms with Gasteiger partial charge >= 0.3 is 18.3 Å². The molecule has 1 saturated carbocycles. The van der Waals surface area contributed by atoms with Gasteiger partial charge in [-0.25, -0.2) is 13.9 Å². The van der Waals surface area contributed by atoms with Crippen LogP contribution in [-0.4, -0.2) is 50.0 Å². The molecule has 2 N–H and O–H groups in total. The number of rotatable bonds is 5. The van der Waals surface area contributed by atoms with Gasteiger partial charge in [-0.15, -0.1) is 5.10 Å². The normalized spacial score (nSPS) is 23.0. The van der Waals surface area contributed by atoms with E-state index in [1.165, 1.54) is 9.58 Å². The van der Waals surface area contributed by atoms with Gasteiger partial charge in [0.05, 0.1) is 11.6 Å². The van der Waals surface area contributed by atoms with E-state index < -0.39 is 29.4 Å². The minimum absolute atomic E-state index is 0.0354. The van der Waals surface area contributed by atoms with Crippen LogP contribution >= 0.6 is 0 Å². The molecule has 1 unspecified atom stereocenters. The first-order valence-corrected chi connectivity index (χ1v) is 10.3. The molecule has 1 saturated heterocycles. The number of benzene rings is 1. The van der Waals surface area contributed by atoms with E-state index in [1.54, 1.807) is 13.8 Å². The van der Waals surface area contributed by atoms with E-state index >= 15 is 0 Å². The number of ether oxygens (including phenoxy) is 1. The van der Waals surface area contributed by atoms with E-state index in [9.17, 15) is 27.5 Å². The lowest BCUT2D eigenvalue weighted by Gasteiger charge is -2.36. The van der Waals surface area contributed by atoms with Crippen molar-refractivity contribution in [3.63, 3.8) is 0 Å². The van der Waals surface area contributed by atoms with E-state index in [0.717, 1.165) is 25.0 Å². The van der Waals surface area contributed by atoms with Crippen molar-refractivity contribution in [3.05, 3.63) is 29.6 Å². The van der Waals surface area contributed by atoms with Crippen LogP contribution in [0.1, 0.15) is 38.3 Å². The van der Waals surface area contributed by atoms with Crippen molar-refractivity contribution in [2.45, 2.75) is 44.9 Å². The number of nitrogens with one attached hydrogen (secondary N) is 1. The molecule has 2 bridgehead atoms. The fourth-order valence-electron chi connectivity index (χ4n) is 4.45. The zero-order valence-electron chi connectivity index (χ0n) is 17.4. The summed E-state index contributed by atoms with van der Waals surface area (Å²) in [6.45, 7) is 4.38. The first-order chi connectivity index (χ1) is 15.0. The van der Waals surface area contributed by atoms with E-state index in [2.05, 4.69) is 15.4 Å². The van der Waals surface area contributed by atoms with Gasteiger partial charge in [0.1, 0.15) is 0 Å². The van der Waals surface area contributed by atoms with Gasteiger partial charge in [0.2, 0.25) is 5.95 Å². The number of hydrogen-bond donors (Lipinski definition) is 2. The average molecular weight is 457 g/mol. The third kappa shape index (κ3) is 4.17. The molecular formula is C20H23F4N5O3. The number of hydrogen-bond acceptors (Lipinski definition) is 5. The highest BCUT2D eigenvalue weighted by Crippen LogP contribution is 2.39. The summed E-state index contributed by atoms with van der Waals surface area (Å²) in [6, 6.07) is 2.36. The third-order valence-corrected chi connectivity index (χ3v) is 5.96. The molecule has 1 aromatic heterocycles. The largest absolute Gasteiger partial charge is 0.465 e. The predicted octanol–water partition coefficient (Wildman–Crippen LogP) is 4.61. The maximum atomic E-state index is 14.4. The second-order valence-electron chi connectivity index (χ2n) is 8.43. The number of carbonyl (C=O) groups is 1. The number of amides is 1. The van der Waals surface area contributed by atoms with Crippen LogP contribution in [-0.2, 0) is 6.18 Å². The average Bonchev–Trinajstić information content (AvgIpc) is 3.19. The Morgan fingerprint density at radius 1 is 1.25 bits per heavy atom. The van der Waals surface area contributed by atoms with Crippen molar-refractivity contribution in [1.29, 1.82) is 0 Å². The maximum absolute atomic E-state index is 14.4. The highest BCUT2D eigenvalue weighted by molar-refractivity contribution is 5.65. The van der Waals surface area contributed by atoms with Crippen molar-refractivity contribution in [2.75, 3.05) is 18.4 Å². The van der Waals surface area contributed by atoms with Gasteiger partial charge < -0.3 is 20.1 Å². The van der Waals surface area contributed by atoms with E-state index in [1.807, 2.05) is 0 Å². The van der Waals surface area contributed by atoms with Gasteiger partial charge in [-0.1, -0.05) is 6.07 Å². The van der Waals surface area contributed by atoms with Crippen LogP contribution in [0.4, 0.5) is 28.3 Å². The summed E-state index contributed by atoms with van der Waals surface area (Å²) in [5.41, 5.74) is -1.43. The molecule has 2 aromatic rings. The maximum Gasteiger partial charge on any atom is 0.419 e. The highest BCUT2D eigenvalue weighted by Gasteiger charge is 2.44. The molecular weight excluding hydrogens is 434 g/mol. The number of likely N-dealkylation sites (tertiary alicyclic amines) is 1. The topological polar surface area (TPSA) is 92.5 Å². The number of piperidine rings is 1. The zero-order chi connectivity index (χ0) is 23.2. The first kappa shape index (κ1) is 22.2. The second kappa shape index (κ2) is 8.14. The molecule has 2 fully saturated rings. The van der Waals surface area contributed by atoms with Crippen molar-refractivity contribution in [1.82, 2.24) is 19.7 Å². The number of halogens is 4. The molecule has 2 heterocycles. The van der Waals surface area contributed by atoms with Gasteiger partial charge in [0.15, 0.2) is 11.6 Å². The van der Waals surface area contributed by atoms with E-state index in [4.69, 9.17) is 4.74 Å². The Hall–Kier alpha value is -3.05. The number of carboxylic acid groups (broad SMARTS) is 1. The van der Waals surface area contributed by atoms with Crippen LogP contribution in [0.15, 0.2) is 18.2 Å². The molecule has 1 aromatic carbocycles. The number of anilines is 1. The lowest BCUT2D eigenvalue weighted by Crippen LogP contribution is -2.49. The molecule has 8 nitrogen and oxygen atoms in total. The van der Waals surface area contributed by atoms with Crippen molar-refractivity contribution >= 4 is 12.0 Å². The van der Waals surface area contributed by atoms with Crippen LogP contribution < -0.4 is 10.1 Å². The summed E-state index contributed by atoms with van der Waals surface area (Å²) in [7, 11) is 0. The minimum Gasteiger partial charge on any atom is -0.465 e. The standard InChI is InChI=1S/C20H23F4N5O3/c1-10(2)29-18(32-14-5-3-4-13(15(14)21)20(22,23)24)26-17(27-29)25-16-11-6-7-12(16)9-28(8-11)19(30)31/h3-5,10-12,16H,6-9H2,1-2H3,(H,25,27)(H,30,31)/t11-,12+,16?. The second-order valence-corrected chi connectivity index (χ2v) is 8.43. The van der Waals surface area contributed by atoms with Crippen LogP contribution in [0.25, 0.3) is 0 Å².